The number of nitriles is 1. The number of aliphatic hydroxyl groups excluding tert-OH is 1. The number of rotatable bonds is 6. The van der Waals surface area contributed by atoms with Gasteiger partial charge in [-0.1, -0.05) is 0 Å². The average Bonchev–Trinajstić information content (AvgIpc) is 2.27. The molecule has 1 heterocycles. The molecule has 0 aliphatic carbocycles. The van der Waals surface area contributed by atoms with Crippen LogP contribution in [0.15, 0.2) is 0 Å². The summed E-state index contributed by atoms with van der Waals surface area (Å²) in [4.78, 5) is 2.31. The van der Waals surface area contributed by atoms with E-state index in [1.54, 1.807) is 0 Å². The molecule has 4 heteroatoms. The van der Waals surface area contributed by atoms with E-state index >= 15 is 0 Å². The largest absolute Gasteiger partial charge is 0.395 e. The van der Waals surface area contributed by atoms with Gasteiger partial charge in [-0.2, -0.15) is 5.26 Å². The molecule has 2 N–H and O–H groups in total. The Balaban J connectivity index is 2.02. The summed E-state index contributed by atoms with van der Waals surface area (Å²) >= 11 is 0. The van der Waals surface area contributed by atoms with Gasteiger partial charge in [0.15, 0.2) is 0 Å². The Morgan fingerprint density at radius 1 is 1.40 bits per heavy atom. The molecule has 0 aromatic heterocycles. The standard InChI is InChI=1S/C11H21N3O/c12-4-1-5-13-10-11-2-6-14(7-3-11)8-9-15/h11,13,15H,1-3,5-10H2. The van der Waals surface area contributed by atoms with Gasteiger partial charge in [-0.25, -0.2) is 0 Å². The van der Waals surface area contributed by atoms with E-state index in [1.807, 2.05) is 0 Å². The third-order valence-corrected chi connectivity index (χ3v) is 2.97. The molecule has 1 saturated heterocycles. The maximum Gasteiger partial charge on any atom is 0.0635 e. The van der Waals surface area contributed by atoms with E-state index < -0.39 is 0 Å². The summed E-state index contributed by atoms with van der Waals surface area (Å²) in [6, 6.07) is 2.13. The Kier molecular flexibility index (Phi) is 6.33. The molecular formula is C11H21N3O. The fourth-order valence-electron chi connectivity index (χ4n) is 2.01. The first kappa shape index (κ1) is 12.4. The lowest BCUT2D eigenvalue weighted by Crippen LogP contribution is -2.38. The first-order valence-corrected chi connectivity index (χ1v) is 5.77. The number of piperidine rings is 1. The van der Waals surface area contributed by atoms with Gasteiger partial charge in [0, 0.05) is 19.5 Å². The van der Waals surface area contributed by atoms with Crippen molar-refractivity contribution >= 4 is 0 Å². The van der Waals surface area contributed by atoms with Gasteiger partial charge in [-0.05, 0) is 38.4 Å². The third-order valence-electron chi connectivity index (χ3n) is 2.97. The summed E-state index contributed by atoms with van der Waals surface area (Å²) < 4.78 is 0. The minimum absolute atomic E-state index is 0.269. The molecule has 0 amide bonds. The summed E-state index contributed by atoms with van der Waals surface area (Å²) in [5, 5.41) is 20.5. The average molecular weight is 211 g/mol. The minimum atomic E-state index is 0.269. The molecule has 0 aromatic rings. The molecule has 0 bridgehead atoms. The van der Waals surface area contributed by atoms with Gasteiger partial charge in [0.05, 0.1) is 12.7 Å². The van der Waals surface area contributed by atoms with Crippen molar-refractivity contribution in [1.29, 1.82) is 5.26 Å². The van der Waals surface area contributed by atoms with Crippen LogP contribution >= 0.6 is 0 Å². The summed E-state index contributed by atoms with van der Waals surface area (Å²) in [6.45, 7) is 5.14. The Morgan fingerprint density at radius 2 is 2.13 bits per heavy atom. The fourth-order valence-corrected chi connectivity index (χ4v) is 2.01. The van der Waals surface area contributed by atoms with Gasteiger partial charge < -0.3 is 15.3 Å². The zero-order valence-corrected chi connectivity index (χ0v) is 9.28. The van der Waals surface area contributed by atoms with Crippen molar-refractivity contribution in [3.05, 3.63) is 0 Å². The minimum Gasteiger partial charge on any atom is -0.395 e. The predicted molar refractivity (Wildman–Crippen MR) is 59.3 cm³/mol. The summed E-state index contributed by atoms with van der Waals surface area (Å²) in [6.07, 6.45) is 3.02. The Morgan fingerprint density at radius 3 is 2.73 bits per heavy atom. The van der Waals surface area contributed by atoms with Crippen molar-refractivity contribution in [1.82, 2.24) is 10.2 Å². The smallest absolute Gasteiger partial charge is 0.0635 e. The van der Waals surface area contributed by atoms with Crippen LogP contribution < -0.4 is 5.32 Å². The second-order valence-corrected chi connectivity index (χ2v) is 4.12. The highest BCUT2D eigenvalue weighted by molar-refractivity contribution is 4.75. The monoisotopic (exact) mass is 211 g/mol. The Labute approximate surface area is 91.9 Å². The molecule has 0 atom stereocenters. The van der Waals surface area contributed by atoms with Gasteiger partial charge in [0.1, 0.15) is 0 Å². The Hall–Kier alpha value is -0.630. The quantitative estimate of drug-likeness (QED) is 0.616. The van der Waals surface area contributed by atoms with Gasteiger partial charge >= 0.3 is 0 Å². The van der Waals surface area contributed by atoms with Crippen LogP contribution in [0, 0.1) is 17.2 Å². The molecule has 1 aliphatic rings. The molecule has 0 radical (unpaired) electrons. The lowest BCUT2D eigenvalue weighted by Gasteiger charge is -2.31. The molecule has 86 valence electrons. The van der Waals surface area contributed by atoms with Crippen LogP contribution in [0.4, 0.5) is 0 Å². The van der Waals surface area contributed by atoms with E-state index in [-0.39, 0.29) is 6.61 Å². The summed E-state index contributed by atoms with van der Waals surface area (Å²) in [5.41, 5.74) is 0. The number of hydrogen-bond donors (Lipinski definition) is 2. The number of hydrogen-bond acceptors (Lipinski definition) is 4. The van der Waals surface area contributed by atoms with Crippen LogP contribution in [-0.2, 0) is 0 Å². The molecule has 0 saturated carbocycles. The molecule has 1 fully saturated rings. The van der Waals surface area contributed by atoms with E-state index in [0.29, 0.717) is 6.42 Å². The molecule has 0 aromatic carbocycles. The van der Waals surface area contributed by atoms with Crippen molar-refractivity contribution in [2.24, 2.45) is 5.92 Å². The number of likely N-dealkylation sites (tertiary alicyclic amines) is 1. The van der Waals surface area contributed by atoms with Gasteiger partial charge in [0.25, 0.3) is 0 Å². The molecule has 4 nitrogen and oxygen atoms in total. The highest BCUT2D eigenvalue weighted by Crippen LogP contribution is 2.15. The van der Waals surface area contributed by atoms with Crippen LogP contribution in [0.2, 0.25) is 0 Å². The number of nitrogens with zero attached hydrogens (tertiary/aromatic N) is 2. The van der Waals surface area contributed by atoms with Crippen molar-refractivity contribution in [3.8, 4) is 6.07 Å². The summed E-state index contributed by atoms with van der Waals surface area (Å²) in [7, 11) is 0. The van der Waals surface area contributed by atoms with Crippen molar-refractivity contribution < 1.29 is 5.11 Å². The number of nitrogens with one attached hydrogen (secondary N) is 1. The summed E-state index contributed by atoms with van der Waals surface area (Å²) in [5.74, 6) is 0.749. The molecule has 15 heavy (non-hydrogen) atoms. The van der Waals surface area contributed by atoms with E-state index in [0.717, 1.165) is 38.6 Å². The fraction of sp³-hybridized carbons (Fsp3) is 0.909. The van der Waals surface area contributed by atoms with Crippen molar-refractivity contribution in [2.45, 2.75) is 19.3 Å². The predicted octanol–water partition coefficient (Wildman–Crippen LogP) is 0.194. The first-order chi connectivity index (χ1) is 7.36. The SMILES string of the molecule is N#CCCNCC1CCN(CCO)CC1. The molecule has 0 unspecified atom stereocenters. The third kappa shape index (κ3) is 5.12. The topological polar surface area (TPSA) is 59.3 Å². The van der Waals surface area contributed by atoms with E-state index in [2.05, 4.69) is 16.3 Å². The van der Waals surface area contributed by atoms with Gasteiger partial charge in [0.2, 0.25) is 0 Å². The Bertz CT molecular complexity index is 194. The van der Waals surface area contributed by atoms with Gasteiger partial charge in [-0.15, -0.1) is 0 Å². The van der Waals surface area contributed by atoms with E-state index in [9.17, 15) is 0 Å². The highest BCUT2D eigenvalue weighted by Gasteiger charge is 2.17. The molecule has 0 spiro atoms. The first-order valence-electron chi connectivity index (χ1n) is 5.77. The lowest BCUT2D eigenvalue weighted by atomic mass is 9.97. The van der Waals surface area contributed by atoms with Crippen LogP contribution in [0.1, 0.15) is 19.3 Å². The van der Waals surface area contributed by atoms with Crippen LogP contribution in [0.5, 0.6) is 0 Å². The normalized spacial score (nSPS) is 18.9. The number of aliphatic hydroxyl groups is 1. The van der Waals surface area contributed by atoms with Crippen molar-refractivity contribution in [3.63, 3.8) is 0 Å². The van der Waals surface area contributed by atoms with E-state index in [1.165, 1.54) is 12.8 Å². The molecule has 1 aliphatic heterocycles. The zero-order chi connectivity index (χ0) is 10.9. The van der Waals surface area contributed by atoms with Gasteiger partial charge in [-0.3, -0.25) is 0 Å². The zero-order valence-electron chi connectivity index (χ0n) is 9.28. The lowest BCUT2D eigenvalue weighted by molar-refractivity contribution is 0.147. The maximum absolute atomic E-state index is 8.80. The molecular weight excluding hydrogens is 190 g/mol. The van der Waals surface area contributed by atoms with E-state index in [4.69, 9.17) is 10.4 Å². The maximum atomic E-state index is 8.80. The highest BCUT2D eigenvalue weighted by atomic mass is 16.3. The van der Waals surface area contributed by atoms with Crippen molar-refractivity contribution in [2.75, 3.05) is 39.3 Å². The van der Waals surface area contributed by atoms with Crippen LogP contribution in [-0.4, -0.2) is 49.3 Å². The number of β-amino-alcohol motifs (C(OH)–C–C–N with tert-alkyl or cyclic N) is 1. The second kappa shape index (κ2) is 7.63. The van der Waals surface area contributed by atoms with Crippen LogP contribution in [0.25, 0.3) is 0 Å². The second-order valence-electron chi connectivity index (χ2n) is 4.12. The molecule has 1 rings (SSSR count). The van der Waals surface area contributed by atoms with Crippen LogP contribution in [0.3, 0.4) is 0 Å².